The number of aromatic amines is 2. The van der Waals surface area contributed by atoms with Crippen LogP contribution in [-0.2, 0) is 43.3 Å². The van der Waals surface area contributed by atoms with Gasteiger partial charge in [-0.1, -0.05) is 251 Å². The molecule has 145 heavy (non-hydrogen) atoms. The third kappa shape index (κ3) is 6.56. The topological polar surface area (TPSA) is 60.6 Å². The van der Waals surface area contributed by atoms with Gasteiger partial charge in [-0.25, -0.2) is 9.97 Å². The van der Waals surface area contributed by atoms with E-state index in [1.54, 1.807) is 313 Å². The van der Waals surface area contributed by atoms with Gasteiger partial charge >= 0.3 is 0 Å². The number of benzene rings is 23. The van der Waals surface area contributed by atoms with Crippen LogP contribution >= 0.6 is 0 Å². The number of nitrogens with one attached hydrogen (secondary N) is 2. The summed E-state index contributed by atoms with van der Waals surface area (Å²) in [7, 11) is 0.0962. The van der Waals surface area contributed by atoms with Crippen molar-refractivity contribution in [3.63, 3.8) is 0 Å². The fraction of sp³-hybridized carbons (Fsp3) is 0.223. The van der Waals surface area contributed by atoms with Crippen molar-refractivity contribution in [2.75, 3.05) is 13.6 Å². The minimum absolute atomic E-state index is 0.0338. The van der Waals surface area contributed by atoms with Crippen LogP contribution in [0.25, 0.3) is 382 Å². The zero-order chi connectivity index (χ0) is 95.8. The van der Waals surface area contributed by atoms with Crippen molar-refractivity contribution in [3.8, 4) is 44.5 Å². The third-order valence-electron chi connectivity index (χ3n) is 42.4. The minimum atomic E-state index is -2.53. The zero-order valence-corrected chi connectivity index (χ0v) is 86.1. The molecule has 2 N–H and O–H groups in total. The highest BCUT2D eigenvalue weighted by Gasteiger charge is 2.76. The summed E-state index contributed by atoms with van der Waals surface area (Å²) in [4.78, 5) is 23.6. The fourth-order valence-corrected chi connectivity index (χ4v) is 39.5. The molecular formula is C139H93N5Si. The molecule has 4 aliphatic carbocycles. The molecule has 2 spiro atoms. The molecule has 1 atom stereocenters. The molecule has 3 aliphatic heterocycles. The van der Waals surface area contributed by atoms with E-state index in [1.165, 1.54) is 49.3 Å². The maximum atomic E-state index is 6.09. The summed E-state index contributed by atoms with van der Waals surface area (Å²) >= 11 is 0. The molecule has 6 heteroatoms. The number of aromatic nitrogens is 4. The van der Waals surface area contributed by atoms with E-state index in [1.807, 2.05) is 0 Å². The first kappa shape index (κ1) is 74.3. The standard InChI is InChI=1S/C139H93N5Si/c1-132(2,3)53-38-50(39-54(44-53)133(4,5)6)70-63-32-30-61(140-63)69(62-31-33-64(141-62)71(51-40-55(134(7,8)9)45-56(41-51)135(10,11)12)66-35-37-68(143-66)72(67-36-34-65(70)142-67)52-42-57(136(13,14)15)46-58(43-52)137(16,17)18)48-22-26-59(27-23-48)145(20,21)60-28-24-49(25-29-60)131-139-129-123-117-107-95-87-79-75-73-74-77-81(79)89(95)99-93-85(77)86-78(74)82-80-76(73)84-83(75)91-97(87)105-111-101(91)102-92(84)98-88(80)96-90(82)100-94(86)104-103(93)115(109(99)117)125(129)126-116(104)110(100)118-108(96)114-106(98)112(102)120-119(111)127(121(123)113(105)107)138(139,47-144(131)19)128(120)122(114)124(118)130(126)139/h22-46,131,140,143H,47H2,1-21H3. The fourth-order valence-electron chi connectivity index (χ4n) is 37.2. The summed E-state index contributed by atoms with van der Waals surface area (Å²) in [6.45, 7) is 48.6. The SMILES string of the molecule is CN1CC23c4c5c6c7c8c9c(c%10c%11c2c2c4c4c%12c5c5c6c6c8c8c%13c9c9c%10c%10c%11c%11c2c2c4c4c%12c%12c5c5c6c8c6c8c%13c9c9c%10c%10c%11c2c2c4c4c%12c5c6c5c8c9c%10c2c45)C73C1c1ccc([Si](C)(C)c2ccc(-c3c4nc(c(-c5cc(C(C)(C)C)cc(C(C)(C)C)c5)c5ccc([nH]5)c(-c5cc(C(C)(C)C)cc(C(C)(C)C)c5)c5nc(c(-c6cc(C(C)(C)C)cc(C(C)(C)C)c6)c6ccc3[nH]6)C=C5)C=C4)cc2)cc1. The molecule has 8 bridgehead atoms. The lowest BCUT2D eigenvalue weighted by atomic mass is 9.47. The van der Waals surface area contributed by atoms with Gasteiger partial charge in [0.05, 0.1) is 33.6 Å². The second-order valence-electron chi connectivity index (χ2n) is 55.0. The summed E-state index contributed by atoms with van der Waals surface area (Å²) < 4.78 is 0. The van der Waals surface area contributed by atoms with Crippen LogP contribution in [0.5, 0.6) is 0 Å². The van der Waals surface area contributed by atoms with Crippen molar-refractivity contribution in [2.45, 2.75) is 187 Å². The largest absolute Gasteiger partial charge is 0.354 e. The molecule has 1 unspecified atom stereocenters. The molecule has 0 saturated carbocycles. The van der Waals surface area contributed by atoms with E-state index in [0.29, 0.717) is 0 Å². The van der Waals surface area contributed by atoms with Gasteiger partial charge in [0, 0.05) is 56.9 Å². The number of likely N-dealkylation sites (N-methyl/N-ethyl adjacent to an activating group) is 1. The van der Waals surface area contributed by atoms with Gasteiger partial charge < -0.3 is 9.97 Å². The number of hydrogen-bond acceptors (Lipinski definition) is 3. The zero-order valence-electron chi connectivity index (χ0n) is 85.1. The first-order chi connectivity index (χ1) is 69.5. The van der Waals surface area contributed by atoms with E-state index in [4.69, 9.17) is 9.97 Å². The van der Waals surface area contributed by atoms with Gasteiger partial charge in [-0.3, -0.25) is 4.90 Å². The van der Waals surface area contributed by atoms with Crippen molar-refractivity contribution in [1.29, 1.82) is 0 Å². The Kier molecular flexibility index (Phi) is 10.4. The van der Waals surface area contributed by atoms with Crippen LogP contribution in [0.3, 0.4) is 0 Å². The molecule has 36 aromatic rings. The predicted octanol–water partition coefficient (Wildman–Crippen LogP) is 36.2. The average molecular weight is 1860 g/mol. The molecule has 678 valence electrons. The molecule has 1 fully saturated rings. The van der Waals surface area contributed by atoms with E-state index in [-0.39, 0.29) is 43.9 Å². The number of fused-ring (bicyclic) bond motifs is 8. The van der Waals surface area contributed by atoms with Crippen LogP contribution in [-0.4, -0.2) is 46.5 Å². The molecule has 33 aromatic carbocycles. The molecule has 43 rings (SSSR count). The summed E-state index contributed by atoms with van der Waals surface area (Å²) in [5.41, 5.74) is 31.1. The van der Waals surface area contributed by atoms with E-state index in [2.05, 4.69) is 311 Å². The van der Waals surface area contributed by atoms with Crippen molar-refractivity contribution < 1.29 is 0 Å². The smallest absolute Gasteiger partial charge is 0.112 e. The van der Waals surface area contributed by atoms with Crippen LogP contribution < -0.4 is 10.4 Å². The Balaban J connectivity index is 0.539. The number of H-pyrrole nitrogens is 2. The second kappa shape index (κ2) is 20.3. The summed E-state index contributed by atoms with van der Waals surface area (Å²) in [6.07, 6.45) is 9.22. The molecule has 5 nitrogen and oxygen atoms in total. The van der Waals surface area contributed by atoms with Gasteiger partial charge in [0.25, 0.3) is 0 Å². The van der Waals surface area contributed by atoms with Crippen LogP contribution in [0.1, 0.15) is 215 Å². The van der Waals surface area contributed by atoms with Crippen molar-refractivity contribution >= 4 is 356 Å². The Morgan fingerprint density at radius 3 is 0.648 bits per heavy atom. The van der Waals surface area contributed by atoms with Crippen molar-refractivity contribution in [1.82, 2.24) is 24.8 Å². The number of hydrogen-bond donors (Lipinski definition) is 2. The highest BCUT2D eigenvalue weighted by Crippen LogP contribution is 2.88. The first-order valence-electron chi connectivity index (χ1n) is 53.8. The Labute approximate surface area is 830 Å². The summed E-state index contributed by atoms with van der Waals surface area (Å²) in [5.74, 6) is 0. The Hall–Kier alpha value is -14.7. The molecule has 0 amide bonds. The van der Waals surface area contributed by atoms with E-state index < -0.39 is 13.5 Å². The van der Waals surface area contributed by atoms with Gasteiger partial charge in [-0.2, -0.15) is 0 Å². The first-order valence-corrected chi connectivity index (χ1v) is 56.8. The van der Waals surface area contributed by atoms with Crippen LogP contribution in [0, 0.1) is 0 Å². The summed E-state index contributed by atoms with van der Waals surface area (Å²) in [6, 6.07) is 52.1. The third-order valence-corrected chi connectivity index (χ3v) is 45.9. The van der Waals surface area contributed by atoms with Crippen LogP contribution in [0.4, 0.5) is 0 Å². The predicted molar refractivity (Wildman–Crippen MR) is 625 cm³/mol. The van der Waals surface area contributed by atoms with Gasteiger partial charge in [0.15, 0.2) is 0 Å². The minimum Gasteiger partial charge on any atom is -0.354 e. The van der Waals surface area contributed by atoms with E-state index in [0.717, 1.165) is 95.9 Å². The maximum Gasteiger partial charge on any atom is 0.112 e. The average Bonchev–Trinajstić information content (AvgIpc) is 1.38. The summed E-state index contributed by atoms with van der Waals surface area (Å²) in [5, 5.41) is 92.1. The molecule has 6 heterocycles. The lowest BCUT2D eigenvalue weighted by Gasteiger charge is -2.52. The Morgan fingerprint density at radius 1 is 0.241 bits per heavy atom. The number of likely N-dealkylation sites (tertiary alicyclic amines) is 1. The van der Waals surface area contributed by atoms with Gasteiger partial charge in [-0.05, 0) is 462 Å². The number of nitrogens with zero attached hydrogens (tertiary/aromatic N) is 3. The molecule has 0 radical (unpaired) electrons. The van der Waals surface area contributed by atoms with Gasteiger partial charge in [0.1, 0.15) is 8.07 Å². The number of rotatable bonds is 7. The van der Waals surface area contributed by atoms with E-state index in [9.17, 15) is 0 Å². The lowest BCUT2D eigenvalue weighted by Crippen LogP contribution is -2.53. The molecule has 3 aromatic heterocycles. The monoisotopic (exact) mass is 1860 g/mol. The Morgan fingerprint density at radius 2 is 0.434 bits per heavy atom. The van der Waals surface area contributed by atoms with Crippen LogP contribution in [0.2, 0.25) is 13.1 Å². The molecule has 1 saturated heterocycles. The molecule has 7 aliphatic rings. The molecular weight excluding hydrogens is 1770 g/mol. The van der Waals surface area contributed by atoms with Crippen molar-refractivity contribution in [3.05, 3.63) is 211 Å². The Bertz CT molecular complexity index is 12000. The van der Waals surface area contributed by atoms with Crippen molar-refractivity contribution in [2.24, 2.45) is 0 Å². The second-order valence-corrected chi connectivity index (χ2v) is 59.4. The maximum absolute atomic E-state index is 6.09. The normalized spacial score (nSPS) is 18.8. The lowest BCUT2D eigenvalue weighted by molar-refractivity contribution is 0.271. The highest BCUT2D eigenvalue weighted by molar-refractivity contribution is 7.00. The quantitative estimate of drug-likeness (QED) is 0.123. The van der Waals surface area contributed by atoms with Gasteiger partial charge in [0.2, 0.25) is 0 Å². The van der Waals surface area contributed by atoms with E-state index >= 15 is 0 Å². The highest BCUT2D eigenvalue weighted by atomic mass is 28.3. The van der Waals surface area contributed by atoms with Crippen LogP contribution in [0.15, 0.2) is 127 Å². The van der Waals surface area contributed by atoms with Gasteiger partial charge in [-0.15, -0.1) is 0 Å².